The van der Waals surface area contributed by atoms with Crippen LogP contribution in [-0.4, -0.2) is 95.8 Å². The van der Waals surface area contributed by atoms with Crippen LogP contribution < -0.4 is 5.32 Å². The van der Waals surface area contributed by atoms with Crippen molar-refractivity contribution in [2.75, 3.05) is 27.2 Å². The molecule has 2 heterocycles. The van der Waals surface area contributed by atoms with Gasteiger partial charge in [-0.3, -0.25) is 19.3 Å². The molecule has 3 amide bonds. The number of nitrogens with zero attached hydrogens (tertiary/aromatic N) is 3. The summed E-state index contributed by atoms with van der Waals surface area (Å²) in [5.41, 5.74) is 0.507. The zero-order valence-electron chi connectivity index (χ0n) is 25.8. The van der Waals surface area contributed by atoms with Gasteiger partial charge in [0.25, 0.3) is 0 Å². The third kappa shape index (κ3) is 7.86. The van der Waals surface area contributed by atoms with E-state index in [2.05, 4.69) is 10.2 Å². The molecule has 3 aliphatic rings. The fourth-order valence-corrected chi connectivity index (χ4v) is 6.34. The Balaban J connectivity index is 1.70. The standard InChI is InChI=1S/C31H52N4O5/c1-20(2)26(34(7)30(38)27(21(3)4)32-28(36)24-15-10-11-17-33(24)6)19-22(5)29(37)35-18-12-16-25(35)31(39)40-23-13-8-9-14-23/h19-21,23-27H,8-18H2,1-7H3,(H,32,36)/t24?,25-,26+,27-/m0/s1. The first-order chi connectivity index (χ1) is 18.9. The van der Waals surface area contributed by atoms with E-state index in [4.69, 9.17) is 4.74 Å². The van der Waals surface area contributed by atoms with Crippen LogP contribution in [0.4, 0.5) is 0 Å². The van der Waals surface area contributed by atoms with Gasteiger partial charge in [-0.2, -0.15) is 0 Å². The quantitative estimate of drug-likeness (QED) is 0.324. The third-order valence-corrected chi connectivity index (χ3v) is 8.91. The maximum atomic E-state index is 13.8. The first-order valence-corrected chi connectivity index (χ1v) is 15.4. The van der Waals surface area contributed by atoms with Gasteiger partial charge in [0, 0.05) is 19.2 Å². The summed E-state index contributed by atoms with van der Waals surface area (Å²) in [5, 5.41) is 3.04. The molecule has 0 aromatic rings. The lowest BCUT2D eigenvalue weighted by molar-refractivity contribution is -0.157. The number of carbonyl (C=O) groups is 4. The van der Waals surface area contributed by atoms with Crippen molar-refractivity contribution in [3.63, 3.8) is 0 Å². The molecule has 0 aromatic heterocycles. The highest BCUT2D eigenvalue weighted by atomic mass is 16.5. The normalized spacial score (nSPS) is 24.3. The van der Waals surface area contributed by atoms with Crippen LogP contribution in [-0.2, 0) is 23.9 Å². The molecule has 1 unspecified atom stereocenters. The van der Waals surface area contributed by atoms with Gasteiger partial charge in [-0.1, -0.05) is 40.2 Å². The second-order valence-corrected chi connectivity index (χ2v) is 12.8. The molecule has 40 heavy (non-hydrogen) atoms. The minimum absolute atomic E-state index is 0.0282. The maximum Gasteiger partial charge on any atom is 0.329 e. The van der Waals surface area contributed by atoms with Gasteiger partial charge in [0.2, 0.25) is 17.7 Å². The van der Waals surface area contributed by atoms with Crippen molar-refractivity contribution in [3.8, 4) is 0 Å². The van der Waals surface area contributed by atoms with Crippen molar-refractivity contribution < 1.29 is 23.9 Å². The van der Waals surface area contributed by atoms with E-state index in [1.165, 1.54) is 0 Å². The van der Waals surface area contributed by atoms with Crippen LogP contribution in [0.25, 0.3) is 0 Å². The molecular weight excluding hydrogens is 508 g/mol. The molecule has 0 radical (unpaired) electrons. The average molecular weight is 561 g/mol. The number of hydrogen-bond donors (Lipinski definition) is 1. The Morgan fingerprint density at radius 3 is 2.10 bits per heavy atom. The summed E-state index contributed by atoms with van der Waals surface area (Å²) in [6.45, 7) is 11.1. The summed E-state index contributed by atoms with van der Waals surface area (Å²) in [4.78, 5) is 58.7. The summed E-state index contributed by atoms with van der Waals surface area (Å²) in [6, 6.07) is -1.78. The highest BCUT2D eigenvalue weighted by Gasteiger charge is 2.38. The van der Waals surface area contributed by atoms with Crippen molar-refractivity contribution in [2.24, 2.45) is 11.8 Å². The number of likely N-dealkylation sites (tertiary alicyclic amines) is 2. The van der Waals surface area contributed by atoms with Gasteiger partial charge < -0.3 is 19.9 Å². The van der Waals surface area contributed by atoms with E-state index >= 15 is 0 Å². The zero-order valence-corrected chi connectivity index (χ0v) is 25.8. The minimum atomic E-state index is -0.660. The van der Waals surface area contributed by atoms with Crippen molar-refractivity contribution in [1.82, 2.24) is 20.0 Å². The Morgan fingerprint density at radius 1 is 0.875 bits per heavy atom. The summed E-state index contributed by atoms with van der Waals surface area (Å²) < 4.78 is 5.73. The molecule has 2 aliphatic heterocycles. The zero-order chi connectivity index (χ0) is 29.6. The molecule has 1 saturated carbocycles. The molecule has 0 spiro atoms. The number of nitrogens with one attached hydrogen (secondary N) is 1. The van der Waals surface area contributed by atoms with Gasteiger partial charge in [0.1, 0.15) is 18.2 Å². The fourth-order valence-electron chi connectivity index (χ4n) is 6.34. The lowest BCUT2D eigenvalue weighted by Gasteiger charge is -2.36. The van der Waals surface area contributed by atoms with Crippen molar-refractivity contribution in [2.45, 2.75) is 123 Å². The van der Waals surface area contributed by atoms with Crippen LogP contribution in [0.5, 0.6) is 0 Å². The minimum Gasteiger partial charge on any atom is -0.461 e. The van der Waals surface area contributed by atoms with Crippen molar-refractivity contribution >= 4 is 23.7 Å². The number of ether oxygens (including phenoxy) is 1. The molecule has 0 bridgehead atoms. The van der Waals surface area contributed by atoms with Crippen molar-refractivity contribution in [3.05, 3.63) is 11.6 Å². The smallest absolute Gasteiger partial charge is 0.329 e. The SMILES string of the molecule is CC(=C[C@H](C(C)C)N(C)C(=O)[C@@H](NC(=O)C1CCCCN1C)C(C)C)C(=O)N1CCC[C@H]1C(=O)OC1CCCC1. The first-order valence-electron chi connectivity index (χ1n) is 15.4. The highest BCUT2D eigenvalue weighted by molar-refractivity contribution is 5.96. The molecule has 1 aliphatic carbocycles. The summed E-state index contributed by atoms with van der Waals surface area (Å²) in [5.74, 6) is -0.815. The molecule has 9 heteroatoms. The van der Waals surface area contributed by atoms with E-state index < -0.39 is 12.1 Å². The number of esters is 1. The number of amides is 3. The highest BCUT2D eigenvalue weighted by Crippen LogP contribution is 2.26. The van der Waals surface area contributed by atoms with E-state index in [0.717, 1.165) is 57.9 Å². The monoisotopic (exact) mass is 560 g/mol. The lowest BCUT2D eigenvalue weighted by Crippen LogP contribution is -2.57. The Labute approximate surface area is 241 Å². The van der Waals surface area contributed by atoms with Crippen LogP contribution in [0.2, 0.25) is 0 Å². The molecule has 226 valence electrons. The van der Waals surface area contributed by atoms with Gasteiger partial charge in [0.15, 0.2) is 0 Å². The van der Waals surface area contributed by atoms with Gasteiger partial charge in [0.05, 0.1) is 12.1 Å². The van der Waals surface area contributed by atoms with E-state index in [-0.39, 0.29) is 53.7 Å². The van der Waals surface area contributed by atoms with E-state index in [1.807, 2.05) is 40.8 Å². The summed E-state index contributed by atoms with van der Waals surface area (Å²) >= 11 is 0. The topological polar surface area (TPSA) is 99.3 Å². The summed E-state index contributed by atoms with van der Waals surface area (Å²) in [6.07, 6.45) is 10.0. The number of carbonyl (C=O) groups excluding carboxylic acids is 4. The molecule has 4 atom stereocenters. The Bertz CT molecular complexity index is 942. The molecule has 1 N–H and O–H groups in total. The van der Waals surface area contributed by atoms with E-state index in [9.17, 15) is 19.2 Å². The maximum absolute atomic E-state index is 13.8. The van der Waals surface area contributed by atoms with Crippen molar-refractivity contribution in [1.29, 1.82) is 0 Å². The van der Waals surface area contributed by atoms with Crippen LogP contribution in [0, 0.1) is 11.8 Å². The Hall–Kier alpha value is -2.42. The number of piperidine rings is 1. The number of rotatable bonds is 10. The number of hydrogen-bond acceptors (Lipinski definition) is 6. The molecule has 3 fully saturated rings. The van der Waals surface area contributed by atoms with E-state index in [1.54, 1.807) is 23.8 Å². The molecule has 0 aromatic carbocycles. The summed E-state index contributed by atoms with van der Waals surface area (Å²) in [7, 11) is 3.70. The van der Waals surface area contributed by atoms with Gasteiger partial charge in [-0.25, -0.2) is 4.79 Å². The van der Waals surface area contributed by atoms with Crippen LogP contribution in [0.3, 0.4) is 0 Å². The Morgan fingerprint density at radius 2 is 1.50 bits per heavy atom. The van der Waals surface area contributed by atoms with Gasteiger partial charge >= 0.3 is 5.97 Å². The Kier molecular flexibility index (Phi) is 11.6. The van der Waals surface area contributed by atoms with Crippen LogP contribution in [0.15, 0.2) is 11.6 Å². The molecule has 3 rings (SSSR count). The third-order valence-electron chi connectivity index (χ3n) is 8.91. The largest absolute Gasteiger partial charge is 0.461 e. The van der Waals surface area contributed by atoms with Crippen LogP contribution >= 0.6 is 0 Å². The van der Waals surface area contributed by atoms with E-state index in [0.29, 0.717) is 18.5 Å². The molecule has 9 nitrogen and oxygen atoms in total. The van der Waals surface area contributed by atoms with Gasteiger partial charge in [-0.05, 0) is 83.7 Å². The fraction of sp³-hybridized carbons (Fsp3) is 0.806. The van der Waals surface area contributed by atoms with Crippen LogP contribution in [0.1, 0.15) is 92.4 Å². The molecular formula is C31H52N4O5. The molecule has 2 saturated heterocycles. The average Bonchev–Trinajstić information content (AvgIpc) is 3.61. The lowest BCUT2D eigenvalue weighted by atomic mass is 9.96. The second kappa shape index (κ2) is 14.5. The number of likely N-dealkylation sites (N-methyl/N-ethyl adjacent to an activating group) is 2. The second-order valence-electron chi connectivity index (χ2n) is 12.8. The predicted octanol–water partition coefficient (Wildman–Crippen LogP) is 3.52. The van der Waals surface area contributed by atoms with Gasteiger partial charge in [-0.15, -0.1) is 0 Å². The first kappa shape index (κ1) is 32.1. The predicted molar refractivity (Wildman–Crippen MR) is 155 cm³/mol.